The van der Waals surface area contributed by atoms with Gasteiger partial charge in [0.2, 0.25) is 0 Å². The van der Waals surface area contributed by atoms with Crippen LogP contribution in [0.2, 0.25) is 5.02 Å². The largest absolute Gasteiger partial charge is 0.459 e. The van der Waals surface area contributed by atoms with Crippen molar-refractivity contribution in [3.63, 3.8) is 0 Å². The van der Waals surface area contributed by atoms with Crippen molar-refractivity contribution in [3.8, 4) is 0 Å². The maximum atomic E-state index is 6.09. The third-order valence-electron chi connectivity index (χ3n) is 3.42. The Morgan fingerprint density at radius 2 is 2.12 bits per heavy atom. The highest BCUT2D eigenvalue weighted by Gasteiger charge is 2.21. The molecule has 1 aliphatic rings. The number of halogens is 1. The van der Waals surface area contributed by atoms with Crippen LogP contribution < -0.4 is 5.32 Å². The molecule has 1 aromatic heterocycles. The van der Waals surface area contributed by atoms with E-state index < -0.39 is 0 Å². The third-order valence-corrected chi connectivity index (χ3v) is 3.63. The van der Waals surface area contributed by atoms with E-state index in [4.69, 9.17) is 16.0 Å². The minimum absolute atomic E-state index is 0.701. The Kier molecular flexibility index (Phi) is 2.64. The second-order valence-corrected chi connectivity index (χ2v) is 5.34. The van der Waals surface area contributed by atoms with E-state index in [-0.39, 0.29) is 0 Å². The third kappa shape index (κ3) is 2.07. The lowest BCUT2D eigenvalue weighted by molar-refractivity contribution is 0.508. The van der Waals surface area contributed by atoms with E-state index in [1.165, 1.54) is 18.4 Å². The van der Waals surface area contributed by atoms with Gasteiger partial charge in [0.05, 0.1) is 6.54 Å². The molecule has 0 unspecified atom stereocenters. The zero-order chi connectivity index (χ0) is 12.0. The summed E-state index contributed by atoms with van der Waals surface area (Å²) in [4.78, 5) is 0. The van der Waals surface area contributed by atoms with Crippen LogP contribution in [0.15, 0.2) is 16.5 Å². The molecule has 0 atom stereocenters. The first-order valence-electron chi connectivity index (χ1n) is 6.06. The summed E-state index contributed by atoms with van der Waals surface area (Å²) in [6, 6.07) is 4.64. The van der Waals surface area contributed by atoms with Crippen LogP contribution in [0.4, 0.5) is 0 Å². The highest BCUT2D eigenvalue weighted by molar-refractivity contribution is 6.31. The Morgan fingerprint density at radius 3 is 2.82 bits per heavy atom. The molecular formula is C14H16ClNO. The first kappa shape index (κ1) is 11.1. The van der Waals surface area contributed by atoms with Crippen LogP contribution in [0.3, 0.4) is 0 Å². The standard InChI is InChI=1S/C14H16ClNO/c1-8-5-10(15)6-12-9(2)13(17-14(8)12)7-16-11-3-4-11/h5-6,11,16H,3-4,7H2,1-2H3. The molecule has 1 heterocycles. The second-order valence-electron chi connectivity index (χ2n) is 4.90. The first-order chi connectivity index (χ1) is 8.15. The number of hydrogen-bond donors (Lipinski definition) is 1. The first-order valence-corrected chi connectivity index (χ1v) is 6.44. The predicted octanol–water partition coefficient (Wildman–Crippen LogP) is 3.96. The maximum Gasteiger partial charge on any atom is 0.137 e. The van der Waals surface area contributed by atoms with Gasteiger partial charge in [0.15, 0.2) is 0 Å². The van der Waals surface area contributed by atoms with Gasteiger partial charge in [0.1, 0.15) is 11.3 Å². The van der Waals surface area contributed by atoms with Crippen molar-refractivity contribution >= 4 is 22.6 Å². The van der Waals surface area contributed by atoms with Crippen molar-refractivity contribution in [1.82, 2.24) is 5.32 Å². The lowest BCUT2D eigenvalue weighted by Crippen LogP contribution is -2.15. The van der Waals surface area contributed by atoms with E-state index in [1.54, 1.807) is 0 Å². The van der Waals surface area contributed by atoms with Crippen LogP contribution in [0.25, 0.3) is 11.0 Å². The Bertz CT molecular complexity index is 569. The lowest BCUT2D eigenvalue weighted by atomic mass is 10.1. The zero-order valence-corrected chi connectivity index (χ0v) is 10.9. The monoisotopic (exact) mass is 249 g/mol. The fourth-order valence-electron chi connectivity index (χ4n) is 2.19. The summed E-state index contributed by atoms with van der Waals surface area (Å²) in [7, 11) is 0. The number of nitrogens with one attached hydrogen (secondary N) is 1. The summed E-state index contributed by atoms with van der Waals surface area (Å²) in [6.45, 7) is 4.96. The highest BCUT2D eigenvalue weighted by atomic mass is 35.5. The van der Waals surface area contributed by atoms with Gasteiger partial charge in [-0.25, -0.2) is 0 Å². The molecule has 90 valence electrons. The van der Waals surface area contributed by atoms with Crippen molar-refractivity contribution in [3.05, 3.63) is 34.0 Å². The predicted molar refractivity (Wildman–Crippen MR) is 70.6 cm³/mol. The quantitative estimate of drug-likeness (QED) is 0.891. The van der Waals surface area contributed by atoms with Crippen LogP contribution in [-0.2, 0) is 6.54 Å². The van der Waals surface area contributed by atoms with E-state index in [9.17, 15) is 0 Å². The van der Waals surface area contributed by atoms with Crippen molar-refractivity contribution < 1.29 is 4.42 Å². The fraction of sp³-hybridized carbons (Fsp3) is 0.429. The summed E-state index contributed by atoms with van der Waals surface area (Å²) >= 11 is 6.09. The molecule has 0 bridgehead atoms. The average Bonchev–Trinajstić information content (AvgIpc) is 3.04. The Labute approximate surface area is 106 Å². The Balaban J connectivity index is 2.01. The minimum atomic E-state index is 0.701. The topological polar surface area (TPSA) is 25.2 Å². The Hall–Kier alpha value is -0.990. The van der Waals surface area contributed by atoms with E-state index in [0.29, 0.717) is 6.04 Å². The van der Waals surface area contributed by atoms with Gasteiger partial charge in [0, 0.05) is 16.5 Å². The van der Waals surface area contributed by atoms with Crippen LogP contribution in [-0.4, -0.2) is 6.04 Å². The molecule has 1 fully saturated rings. The molecule has 1 saturated carbocycles. The maximum absolute atomic E-state index is 6.09. The van der Waals surface area contributed by atoms with Crippen LogP contribution in [0.5, 0.6) is 0 Å². The molecule has 0 radical (unpaired) electrons. The zero-order valence-electron chi connectivity index (χ0n) is 10.1. The lowest BCUT2D eigenvalue weighted by Gasteiger charge is -1.99. The number of hydrogen-bond acceptors (Lipinski definition) is 2. The van der Waals surface area contributed by atoms with Gasteiger partial charge in [-0.2, -0.15) is 0 Å². The second kappa shape index (κ2) is 4.04. The average molecular weight is 250 g/mol. The van der Waals surface area contributed by atoms with Gasteiger partial charge in [-0.3, -0.25) is 0 Å². The van der Waals surface area contributed by atoms with E-state index in [2.05, 4.69) is 12.2 Å². The number of aryl methyl sites for hydroxylation is 2. The molecule has 1 N–H and O–H groups in total. The molecule has 2 nitrogen and oxygen atoms in total. The molecule has 0 aliphatic heterocycles. The van der Waals surface area contributed by atoms with Gasteiger partial charge in [-0.1, -0.05) is 11.6 Å². The van der Waals surface area contributed by atoms with Gasteiger partial charge >= 0.3 is 0 Å². The molecular weight excluding hydrogens is 234 g/mol. The summed E-state index contributed by atoms with van der Waals surface area (Å²) in [5.74, 6) is 1.04. The molecule has 1 aromatic carbocycles. The molecule has 1 aliphatic carbocycles. The smallest absolute Gasteiger partial charge is 0.137 e. The summed E-state index contributed by atoms with van der Waals surface area (Å²) in [5.41, 5.74) is 3.28. The molecule has 0 saturated heterocycles. The van der Waals surface area contributed by atoms with Gasteiger partial charge < -0.3 is 9.73 Å². The molecule has 0 spiro atoms. The van der Waals surface area contributed by atoms with Crippen molar-refractivity contribution in [2.24, 2.45) is 0 Å². The fourth-order valence-corrected chi connectivity index (χ4v) is 2.46. The van der Waals surface area contributed by atoms with Gasteiger partial charge in [-0.15, -0.1) is 0 Å². The molecule has 3 heteroatoms. The van der Waals surface area contributed by atoms with E-state index in [1.807, 2.05) is 19.1 Å². The number of furan rings is 1. The van der Waals surface area contributed by atoms with Crippen LogP contribution in [0, 0.1) is 13.8 Å². The van der Waals surface area contributed by atoms with Crippen LogP contribution in [0.1, 0.15) is 29.7 Å². The number of benzene rings is 1. The van der Waals surface area contributed by atoms with Crippen molar-refractivity contribution in [2.75, 3.05) is 0 Å². The Morgan fingerprint density at radius 1 is 1.35 bits per heavy atom. The van der Waals surface area contributed by atoms with Crippen LogP contribution >= 0.6 is 11.6 Å². The van der Waals surface area contributed by atoms with E-state index >= 15 is 0 Å². The molecule has 3 rings (SSSR count). The summed E-state index contributed by atoms with van der Waals surface area (Å²) in [5, 5.41) is 5.40. The van der Waals surface area contributed by atoms with Crippen molar-refractivity contribution in [2.45, 2.75) is 39.3 Å². The van der Waals surface area contributed by atoms with Gasteiger partial charge in [-0.05, 0) is 49.9 Å². The molecule has 2 aromatic rings. The minimum Gasteiger partial charge on any atom is -0.459 e. The highest BCUT2D eigenvalue weighted by Crippen LogP contribution is 2.31. The number of rotatable bonds is 3. The van der Waals surface area contributed by atoms with E-state index in [0.717, 1.165) is 33.9 Å². The van der Waals surface area contributed by atoms with Crippen molar-refractivity contribution in [1.29, 1.82) is 0 Å². The summed E-state index contributed by atoms with van der Waals surface area (Å²) in [6.07, 6.45) is 2.59. The molecule has 0 amide bonds. The number of fused-ring (bicyclic) bond motifs is 1. The summed E-state index contributed by atoms with van der Waals surface area (Å²) < 4.78 is 5.94. The SMILES string of the molecule is Cc1c(CNC2CC2)oc2c(C)cc(Cl)cc12. The molecule has 17 heavy (non-hydrogen) atoms. The normalized spacial score (nSPS) is 15.7. The van der Waals surface area contributed by atoms with Gasteiger partial charge in [0.25, 0.3) is 0 Å².